The van der Waals surface area contributed by atoms with Crippen molar-refractivity contribution in [2.24, 2.45) is 0 Å². The van der Waals surface area contributed by atoms with Crippen LogP contribution in [0, 0.1) is 0 Å². The van der Waals surface area contributed by atoms with Crippen molar-refractivity contribution in [3.8, 4) is 5.75 Å². The fraction of sp³-hybridized carbons (Fsp3) is 0.364. The number of likely N-dealkylation sites (tertiary alicyclic amines) is 1. The summed E-state index contributed by atoms with van der Waals surface area (Å²) in [6.45, 7) is 3.70. The van der Waals surface area contributed by atoms with Crippen molar-refractivity contribution in [2.75, 3.05) is 13.1 Å². The summed E-state index contributed by atoms with van der Waals surface area (Å²) in [5.74, 6) is -0.576. The Morgan fingerprint density at radius 1 is 1.10 bits per heavy atom. The Balaban J connectivity index is 1.49. The van der Waals surface area contributed by atoms with Crippen LogP contribution in [0.15, 0.2) is 48.5 Å². The third kappa shape index (κ3) is 3.40. The fourth-order valence-corrected chi connectivity index (χ4v) is 4.04. The predicted octanol–water partition coefficient (Wildman–Crippen LogP) is 4.16. The largest absolute Gasteiger partial charge is 0.478 e. The number of fused-ring (bicyclic) bond motifs is 2. The van der Waals surface area contributed by atoms with Crippen LogP contribution in [-0.4, -0.2) is 35.5 Å². The van der Waals surface area contributed by atoms with Gasteiger partial charge in [-0.25, -0.2) is 4.79 Å². The molecule has 0 radical (unpaired) electrons. The van der Waals surface area contributed by atoms with E-state index in [-0.39, 0.29) is 18.2 Å². The zero-order chi connectivity index (χ0) is 21.7. The molecule has 1 fully saturated rings. The number of nitrogens with zero attached hydrogens (tertiary/aromatic N) is 1. The molecule has 1 atom stereocenters. The van der Waals surface area contributed by atoms with E-state index in [0.717, 1.165) is 17.7 Å². The highest BCUT2D eigenvalue weighted by atomic mass is 19.4. The molecule has 0 unspecified atom stereocenters. The van der Waals surface area contributed by atoms with Gasteiger partial charge in [0, 0.05) is 18.5 Å². The molecule has 1 saturated heterocycles. The first-order valence-corrected chi connectivity index (χ1v) is 9.50. The third-order valence-corrected chi connectivity index (χ3v) is 5.51. The zero-order valence-corrected chi connectivity index (χ0v) is 16.5. The zero-order valence-electron chi connectivity index (χ0n) is 16.5. The number of carbonyl (C=O) groups is 2. The summed E-state index contributed by atoms with van der Waals surface area (Å²) < 4.78 is 49.6. The molecule has 8 heteroatoms. The maximum Gasteiger partial charge on any atom is 0.416 e. The minimum Gasteiger partial charge on any atom is -0.478 e. The van der Waals surface area contributed by atoms with Crippen LogP contribution in [0.5, 0.6) is 5.75 Å². The number of hydrogen-bond acceptors (Lipinski definition) is 4. The minimum absolute atomic E-state index is 0.160. The molecule has 2 heterocycles. The molecule has 0 saturated carbocycles. The molecule has 30 heavy (non-hydrogen) atoms. The van der Waals surface area contributed by atoms with Gasteiger partial charge in [-0.15, -0.1) is 0 Å². The molecule has 4 rings (SSSR count). The average molecular weight is 419 g/mol. The van der Waals surface area contributed by atoms with Gasteiger partial charge in [-0.05, 0) is 44.2 Å². The number of ether oxygens (including phenoxy) is 2. The second-order valence-electron chi connectivity index (χ2n) is 8.04. The van der Waals surface area contributed by atoms with E-state index in [4.69, 9.17) is 9.47 Å². The minimum atomic E-state index is -4.44. The lowest BCUT2D eigenvalue weighted by atomic mass is 9.91. The molecule has 5 nitrogen and oxygen atoms in total. The summed E-state index contributed by atoms with van der Waals surface area (Å²) in [4.78, 5) is 26.9. The van der Waals surface area contributed by atoms with Gasteiger partial charge in [0.05, 0.1) is 17.7 Å². The SMILES string of the molecule is CC(C)(Oc1ccc(C(F)(F)F)cc1)C(=O)N1CC[C@@]2(C1)OC(=O)c1ccccc12. The highest BCUT2D eigenvalue weighted by Crippen LogP contribution is 2.43. The Morgan fingerprint density at radius 3 is 2.43 bits per heavy atom. The van der Waals surface area contributed by atoms with Gasteiger partial charge in [-0.3, -0.25) is 4.79 Å². The van der Waals surface area contributed by atoms with Crippen molar-refractivity contribution in [3.63, 3.8) is 0 Å². The summed E-state index contributed by atoms with van der Waals surface area (Å²) in [5.41, 5.74) is -1.69. The molecule has 2 aliphatic rings. The van der Waals surface area contributed by atoms with Gasteiger partial charge < -0.3 is 14.4 Å². The summed E-state index contributed by atoms with van der Waals surface area (Å²) in [7, 11) is 0. The van der Waals surface area contributed by atoms with Crippen LogP contribution in [0.3, 0.4) is 0 Å². The van der Waals surface area contributed by atoms with Gasteiger partial charge in [-0.1, -0.05) is 18.2 Å². The topological polar surface area (TPSA) is 55.8 Å². The standard InChI is InChI=1S/C22H20F3NO4/c1-20(2,29-15-9-7-14(8-10-15)22(23,24)25)19(28)26-12-11-21(13-26)17-6-4-3-5-16(17)18(27)30-21/h3-10H,11-13H2,1-2H3/t21-/m0/s1. The summed E-state index contributed by atoms with van der Waals surface area (Å²) in [6.07, 6.45) is -3.97. The summed E-state index contributed by atoms with van der Waals surface area (Å²) in [6, 6.07) is 11.3. The molecule has 2 aromatic carbocycles. The van der Waals surface area contributed by atoms with E-state index in [1.54, 1.807) is 30.9 Å². The van der Waals surface area contributed by atoms with Crippen molar-refractivity contribution in [2.45, 2.75) is 37.6 Å². The first kappa shape index (κ1) is 20.3. The molecular formula is C22H20F3NO4. The molecule has 0 aliphatic carbocycles. The first-order chi connectivity index (χ1) is 14.0. The summed E-state index contributed by atoms with van der Waals surface area (Å²) in [5, 5.41) is 0. The van der Waals surface area contributed by atoms with E-state index in [0.29, 0.717) is 18.5 Å². The fourth-order valence-electron chi connectivity index (χ4n) is 4.04. The van der Waals surface area contributed by atoms with Gasteiger partial charge in [0.1, 0.15) is 5.75 Å². The number of esters is 1. The monoisotopic (exact) mass is 419 g/mol. The number of benzene rings is 2. The highest BCUT2D eigenvalue weighted by Gasteiger charge is 2.52. The number of rotatable bonds is 3. The normalized spacial score (nSPS) is 21.0. The lowest BCUT2D eigenvalue weighted by Gasteiger charge is -2.31. The van der Waals surface area contributed by atoms with Crippen LogP contribution in [0.2, 0.25) is 0 Å². The van der Waals surface area contributed by atoms with E-state index in [2.05, 4.69) is 0 Å². The number of halogens is 3. The first-order valence-electron chi connectivity index (χ1n) is 9.50. The van der Waals surface area contributed by atoms with Crippen molar-refractivity contribution in [1.82, 2.24) is 4.90 Å². The molecule has 158 valence electrons. The Bertz CT molecular complexity index is 1000. The van der Waals surface area contributed by atoms with Crippen LogP contribution in [-0.2, 0) is 21.3 Å². The molecule has 2 aliphatic heterocycles. The van der Waals surface area contributed by atoms with Crippen molar-refractivity contribution >= 4 is 11.9 Å². The van der Waals surface area contributed by atoms with E-state index >= 15 is 0 Å². The molecule has 0 aromatic heterocycles. The van der Waals surface area contributed by atoms with Gasteiger partial charge in [0.15, 0.2) is 11.2 Å². The lowest BCUT2D eigenvalue weighted by molar-refractivity contribution is -0.145. The smallest absolute Gasteiger partial charge is 0.416 e. The van der Waals surface area contributed by atoms with Crippen LogP contribution in [0.4, 0.5) is 13.2 Å². The number of hydrogen-bond donors (Lipinski definition) is 0. The van der Waals surface area contributed by atoms with Gasteiger partial charge in [-0.2, -0.15) is 13.2 Å². The Hall–Kier alpha value is -3.03. The van der Waals surface area contributed by atoms with Gasteiger partial charge >= 0.3 is 12.1 Å². The van der Waals surface area contributed by atoms with Crippen LogP contribution in [0.1, 0.15) is 41.8 Å². The van der Waals surface area contributed by atoms with E-state index < -0.39 is 28.9 Å². The molecule has 0 N–H and O–H groups in total. The molecule has 1 spiro atoms. The van der Waals surface area contributed by atoms with Crippen LogP contribution < -0.4 is 4.74 Å². The van der Waals surface area contributed by atoms with E-state index in [1.165, 1.54) is 12.1 Å². The maximum absolute atomic E-state index is 13.1. The lowest BCUT2D eigenvalue weighted by Crippen LogP contribution is -2.49. The predicted molar refractivity (Wildman–Crippen MR) is 101 cm³/mol. The highest BCUT2D eigenvalue weighted by molar-refractivity contribution is 5.95. The second-order valence-corrected chi connectivity index (χ2v) is 8.04. The Morgan fingerprint density at radius 2 is 1.77 bits per heavy atom. The number of amides is 1. The third-order valence-electron chi connectivity index (χ3n) is 5.51. The Kier molecular flexibility index (Phi) is 4.56. The number of alkyl halides is 3. The van der Waals surface area contributed by atoms with Crippen LogP contribution in [0.25, 0.3) is 0 Å². The molecule has 2 aromatic rings. The van der Waals surface area contributed by atoms with Crippen molar-refractivity contribution < 1.29 is 32.2 Å². The second kappa shape index (κ2) is 6.75. The van der Waals surface area contributed by atoms with Gasteiger partial charge in [0.25, 0.3) is 5.91 Å². The van der Waals surface area contributed by atoms with Gasteiger partial charge in [0.2, 0.25) is 0 Å². The van der Waals surface area contributed by atoms with Crippen molar-refractivity contribution in [3.05, 3.63) is 65.2 Å². The van der Waals surface area contributed by atoms with E-state index in [9.17, 15) is 22.8 Å². The summed E-state index contributed by atoms with van der Waals surface area (Å²) >= 11 is 0. The molecule has 1 amide bonds. The average Bonchev–Trinajstić information content (AvgIpc) is 3.23. The van der Waals surface area contributed by atoms with Crippen molar-refractivity contribution in [1.29, 1.82) is 0 Å². The van der Waals surface area contributed by atoms with Crippen LogP contribution >= 0.6 is 0 Å². The van der Waals surface area contributed by atoms with E-state index in [1.807, 2.05) is 12.1 Å². The molecular weight excluding hydrogens is 399 g/mol. The quantitative estimate of drug-likeness (QED) is 0.701. The Labute approximate surface area is 171 Å². The maximum atomic E-state index is 13.1. The number of carbonyl (C=O) groups excluding carboxylic acids is 2. The molecule has 0 bridgehead atoms.